The van der Waals surface area contributed by atoms with Crippen molar-refractivity contribution >= 4 is 0 Å². The van der Waals surface area contributed by atoms with Crippen molar-refractivity contribution in [1.82, 2.24) is 15.1 Å². The molecule has 4 nitrogen and oxygen atoms in total. The van der Waals surface area contributed by atoms with Crippen molar-refractivity contribution in [3.05, 3.63) is 18.0 Å². The quantitative estimate of drug-likeness (QED) is 0.705. The predicted octanol–water partition coefficient (Wildman–Crippen LogP) is 0.281. The van der Waals surface area contributed by atoms with Crippen LogP contribution in [0.5, 0.6) is 0 Å². The lowest BCUT2D eigenvalue weighted by molar-refractivity contribution is 0.186. The Hall–Kier alpha value is -0.870. The number of hydrogen-bond acceptors (Lipinski definition) is 3. The zero-order valence-electron chi connectivity index (χ0n) is 8.41. The molecule has 0 amide bonds. The highest BCUT2D eigenvalue weighted by molar-refractivity contribution is 5.00. The number of aliphatic hydroxyl groups excluding tert-OH is 1. The van der Waals surface area contributed by atoms with Gasteiger partial charge in [0.25, 0.3) is 0 Å². The summed E-state index contributed by atoms with van der Waals surface area (Å²) in [7, 11) is 1.91. The SMILES string of the molecule is Cn1nccc1CNC(C)(C)CO. The van der Waals surface area contributed by atoms with Gasteiger partial charge in [-0.1, -0.05) is 0 Å². The summed E-state index contributed by atoms with van der Waals surface area (Å²) >= 11 is 0. The van der Waals surface area contributed by atoms with Gasteiger partial charge in [0, 0.05) is 25.3 Å². The summed E-state index contributed by atoms with van der Waals surface area (Å²) in [5.41, 5.74) is 0.881. The Kier molecular flexibility index (Phi) is 3.06. The van der Waals surface area contributed by atoms with E-state index in [0.717, 1.165) is 12.2 Å². The smallest absolute Gasteiger partial charge is 0.0607 e. The number of aromatic nitrogens is 2. The molecule has 0 fully saturated rings. The van der Waals surface area contributed by atoms with E-state index in [1.54, 1.807) is 6.20 Å². The molecule has 2 N–H and O–H groups in total. The van der Waals surface area contributed by atoms with E-state index in [4.69, 9.17) is 5.11 Å². The van der Waals surface area contributed by atoms with Crippen LogP contribution in [0.4, 0.5) is 0 Å². The van der Waals surface area contributed by atoms with E-state index in [9.17, 15) is 0 Å². The van der Waals surface area contributed by atoms with Crippen molar-refractivity contribution < 1.29 is 5.11 Å². The maximum absolute atomic E-state index is 9.01. The Bertz CT molecular complexity index is 268. The van der Waals surface area contributed by atoms with Crippen LogP contribution in [-0.4, -0.2) is 27.0 Å². The van der Waals surface area contributed by atoms with Crippen molar-refractivity contribution in [1.29, 1.82) is 0 Å². The van der Waals surface area contributed by atoms with E-state index in [2.05, 4.69) is 10.4 Å². The van der Waals surface area contributed by atoms with Crippen LogP contribution < -0.4 is 5.32 Å². The Labute approximate surface area is 78.6 Å². The maximum atomic E-state index is 9.01. The molecular weight excluding hydrogens is 166 g/mol. The lowest BCUT2D eigenvalue weighted by Crippen LogP contribution is -2.42. The number of hydrogen-bond donors (Lipinski definition) is 2. The summed E-state index contributed by atoms with van der Waals surface area (Å²) in [5.74, 6) is 0. The molecule has 4 heteroatoms. The summed E-state index contributed by atoms with van der Waals surface area (Å²) < 4.78 is 1.82. The van der Waals surface area contributed by atoms with E-state index in [0.29, 0.717) is 0 Å². The van der Waals surface area contributed by atoms with Crippen molar-refractivity contribution in [2.24, 2.45) is 7.05 Å². The van der Waals surface area contributed by atoms with Gasteiger partial charge in [-0.15, -0.1) is 0 Å². The second-order valence-corrected chi connectivity index (χ2v) is 3.84. The number of aryl methyl sites for hydroxylation is 1. The molecule has 0 atom stereocenters. The molecule has 0 saturated heterocycles. The fourth-order valence-corrected chi connectivity index (χ4v) is 0.960. The number of nitrogens with one attached hydrogen (secondary N) is 1. The minimum Gasteiger partial charge on any atom is -0.394 e. The third kappa shape index (κ3) is 2.82. The lowest BCUT2D eigenvalue weighted by Gasteiger charge is -2.23. The zero-order chi connectivity index (χ0) is 9.90. The van der Waals surface area contributed by atoms with Crippen LogP contribution >= 0.6 is 0 Å². The van der Waals surface area contributed by atoms with Crippen LogP contribution in [0.15, 0.2) is 12.3 Å². The van der Waals surface area contributed by atoms with Gasteiger partial charge in [-0.05, 0) is 19.9 Å². The first-order valence-corrected chi connectivity index (χ1v) is 4.38. The molecule has 1 aromatic heterocycles. The van der Waals surface area contributed by atoms with Gasteiger partial charge in [-0.25, -0.2) is 0 Å². The van der Waals surface area contributed by atoms with Gasteiger partial charge in [0.1, 0.15) is 0 Å². The Balaban J connectivity index is 2.48. The monoisotopic (exact) mass is 183 g/mol. The zero-order valence-corrected chi connectivity index (χ0v) is 8.41. The fraction of sp³-hybridized carbons (Fsp3) is 0.667. The van der Waals surface area contributed by atoms with Gasteiger partial charge in [0.2, 0.25) is 0 Å². The van der Waals surface area contributed by atoms with Gasteiger partial charge in [0.15, 0.2) is 0 Å². The standard InChI is InChI=1S/C9H17N3O/c1-9(2,7-13)10-6-8-4-5-11-12(8)3/h4-5,10,13H,6-7H2,1-3H3. The molecule has 0 spiro atoms. The lowest BCUT2D eigenvalue weighted by atomic mass is 10.1. The largest absolute Gasteiger partial charge is 0.394 e. The van der Waals surface area contributed by atoms with E-state index >= 15 is 0 Å². The topological polar surface area (TPSA) is 50.1 Å². The molecule has 0 radical (unpaired) electrons. The van der Waals surface area contributed by atoms with Crippen molar-refractivity contribution in [2.75, 3.05) is 6.61 Å². The average Bonchev–Trinajstić information content (AvgIpc) is 2.48. The molecule has 0 aliphatic rings. The minimum absolute atomic E-state index is 0.130. The summed E-state index contributed by atoms with van der Waals surface area (Å²) in [4.78, 5) is 0. The highest BCUT2D eigenvalue weighted by Crippen LogP contribution is 2.03. The van der Waals surface area contributed by atoms with Crippen LogP contribution in [-0.2, 0) is 13.6 Å². The predicted molar refractivity (Wildman–Crippen MR) is 51.2 cm³/mol. The highest BCUT2D eigenvalue weighted by atomic mass is 16.3. The molecule has 0 aromatic carbocycles. The minimum atomic E-state index is -0.232. The Morgan fingerprint density at radius 2 is 2.31 bits per heavy atom. The molecule has 0 aliphatic heterocycles. The molecular formula is C9H17N3O. The fourth-order valence-electron chi connectivity index (χ4n) is 0.960. The molecule has 1 rings (SSSR count). The van der Waals surface area contributed by atoms with E-state index in [1.165, 1.54) is 0 Å². The first-order valence-electron chi connectivity index (χ1n) is 4.38. The molecule has 0 aliphatic carbocycles. The number of aliphatic hydroxyl groups is 1. The number of rotatable bonds is 4. The van der Waals surface area contributed by atoms with Crippen molar-refractivity contribution in [2.45, 2.75) is 25.9 Å². The molecule has 0 saturated carbocycles. The molecule has 74 valence electrons. The summed E-state index contributed by atoms with van der Waals surface area (Å²) in [6.07, 6.45) is 1.77. The van der Waals surface area contributed by atoms with Crippen LogP contribution in [0, 0.1) is 0 Å². The van der Waals surface area contributed by atoms with Crippen LogP contribution in [0.25, 0.3) is 0 Å². The Morgan fingerprint density at radius 3 is 2.77 bits per heavy atom. The second kappa shape index (κ2) is 3.89. The Morgan fingerprint density at radius 1 is 1.62 bits per heavy atom. The van der Waals surface area contributed by atoms with Crippen LogP contribution in [0.2, 0.25) is 0 Å². The van der Waals surface area contributed by atoms with Crippen molar-refractivity contribution in [3.8, 4) is 0 Å². The molecule has 1 aromatic rings. The normalized spacial score (nSPS) is 12.0. The first-order chi connectivity index (χ1) is 6.05. The molecule has 0 bridgehead atoms. The van der Waals surface area contributed by atoms with Crippen molar-refractivity contribution in [3.63, 3.8) is 0 Å². The first kappa shape index (κ1) is 10.2. The summed E-state index contributed by atoms with van der Waals surface area (Å²) in [5, 5.41) is 16.3. The summed E-state index contributed by atoms with van der Waals surface area (Å²) in [6.45, 7) is 4.78. The van der Waals surface area contributed by atoms with Gasteiger partial charge < -0.3 is 10.4 Å². The third-order valence-corrected chi connectivity index (χ3v) is 2.07. The highest BCUT2D eigenvalue weighted by Gasteiger charge is 2.15. The van der Waals surface area contributed by atoms with Gasteiger partial charge in [-0.3, -0.25) is 4.68 Å². The molecule has 1 heterocycles. The summed E-state index contributed by atoms with van der Waals surface area (Å²) in [6, 6.07) is 1.96. The maximum Gasteiger partial charge on any atom is 0.0607 e. The van der Waals surface area contributed by atoms with Crippen LogP contribution in [0.1, 0.15) is 19.5 Å². The number of nitrogens with zero attached hydrogens (tertiary/aromatic N) is 2. The average molecular weight is 183 g/mol. The molecule has 0 unspecified atom stereocenters. The van der Waals surface area contributed by atoms with Gasteiger partial charge in [-0.2, -0.15) is 5.10 Å². The van der Waals surface area contributed by atoms with Gasteiger partial charge in [0.05, 0.1) is 12.3 Å². The van der Waals surface area contributed by atoms with E-state index in [1.807, 2.05) is 31.6 Å². The molecule has 13 heavy (non-hydrogen) atoms. The second-order valence-electron chi connectivity index (χ2n) is 3.84. The third-order valence-electron chi connectivity index (χ3n) is 2.07. The van der Waals surface area contributed by atoms with Crippen LogP contribution in [0.3, 0.4) is 0 Å². The van der Waals surface area contributed by atoms with E-state index < -0.39 is 0 Å². The van der Waals surface area contributed by atoms with Gasteiger partial charge >= 0.3 is 0 Å². The van der Waals surface area contributed by atoms with E-state index in [-0.39, 0.29) is 12.1 Å².